The van der Waals surface area contributed by atoms with Gasteiger partial charge in [-0.25, -0.2) is 0 Å². The minimum Gasteiger partial charge on any atom is -0.493 e. The maximum atomic E-state index is 9.69. The van der Waals surface area contributed by atoms with E-state index in [4.69, 9.17) is 14.2 Å². The van der Waals surface area contributed by atoms with Crippen molar-refractivity contribution in [1.82, 2.24) is 0 Å². The van der Waals surface area contributed by atoms with E-state index in [-0.39, 0.29) is 0 Å². The number of fused-ring (bicyclic) bond motifs is 1. The van der Waals surface area contributed by atoms with Crippen LogP contribution >= 0.6 is 15.9 Å². The molecule has 1 unspecified atom stereocenters. The minimum absolute atomic E-state index is 0.318. The lowest BCUT2D eigenvalue weighted by molar-refractivity contribution is 0.319. The number of rotatable bonds is 4. The van der Waals surface area contributed by atoms with Crippen LogP contribution in [0.1, 0.15) is 36.0 Å². The fourth-order valence-corrected chi connectivity index (χ4v) is 4.10. The Morgan fingerprint density at radius 1 is 1.11 bits per heavy atom. The molecule has 1 aliphatic rings. The van der Waals surface area contributed by atoms with Crippen molar-refractivity contribution in [3.8, 4) is 17.2 Å². The van der Waals surface area contributed by atoms with Gasteiger partial charge < -0.3 is 19.4 Å². The molecule has 0 aromatic heterocycles. The van der Waals surface area contributed by atoms with Gasteiger partial charge in [-0.2, -0.15) is 0 Å². The molecular formula is C21H22BrNO4. The van der Waals surface area contributed by atoms with E-state index in [1.54, 1.807) is 21.3 Å². The smallest absolute Gasteiger partial charge is 0.204 e. The van der Waals surface area contributed by atoms with Crippen molar-refractivity contribution >= 4 is 27.7 Å². The van der Waals surface area contributed by atoms with Gasteiger partial charge in [0.2, 0.25) is 5.75 Å². The fraction of sp³-hybridized carbons (Fsp3) is 0.286. The Kier molecular flexibility index (Phi) is 5.75. The van der Waals surface area contributed by atoms with Crippen molar-refractivity contribution in [2.24, 2.45) is 5.16 Å². The molecule has 0 saturated heterocycles. The second kappa shape index (κ2) is 8.05. The van der Waals surface area contributed by atoms with Crippen LogP contribution in [0.15, 0.2) is 45.5 Å². The van der Waals surface area contributed by atoms with E-state index in [0.29, 0.717) is 28.9 Å². The first-order chi connectivity index (χ1) is 13.0. The Morgan fingerprint density at radius 2 is 1.81 bits per heavy atom. The summed E-state index contributed by atoms with van der Waals surface area (Å²) in [6.07, 6.45) is 2.76. The molecule has 2 aromatic carbocycles. The van der Waals surface area contributed by atoms with Crippen LogP contribution in [0.25, 0.3) is 6.08 Å². The number of halogens is 1. The normalized spacial score (nSPS) is 19.1. The molecule has 0 aliphatic heterocycles. The maximum Gasteiger partial charge on any atom is 0.204 e. The van der Waals surface area contributed by atoms with Crippen molar-refractivity contribution < 1.29 is 19.4 Å². The zero-order chi connectivity index (χ0) is 19.6. The monoisotopic (exact) mass is 431 g/mol. The summed E-state index contributed by atoms with van der Waals surface area (Å²) in [5, 5.41) is 13.3. The van der Waals surface area contributed by atoms with Gasteiger partial charge in [-0.1, -0.05) is 36.3 Å². The molecule has 5 nitrogen and oxygen atoms in total. The summed E-state index contributed by atoms with van der Waals surface area (Å²) < 4.78 is 17.1. The Bertz CT molecular complexity index is 921. The first-order valence-corrected chi connectivity index (χ1v) is 9.35. The van der Waals surface area contributed by atoms with Crippen LogP contribution < -0.4 is 14.2 Å². The quantitative estimate of drug-likeness (QED) is 0.530. The topological polar surface area (TPSA) is 60.3 Å². The summed E-state index contributed by atoms with van der Waals surface area (Å²) in [7, 11) is 4.74. The number of methoxy groups -OCH3 is 3. The number of benzene rings is 2. The molecule has 2 aromatic rings. The van der Waals surface area contributed by atoms with Crippen LogP contribution in [0.3, 0.4) is 0 Å². The Hall–Kier alpha value is -2.47. The molecule has 1 N–H and O–H groups in total. The van der Waals surface area contributed by atoms with Gasteiger partial charge in [-0.15, -0.1) is 0 Å². The molecule has 0 fully saturated rings. The average Bonchev–Trinajstić information content (AvgIpc) is 2.69. The van der Waals surface area contributed by atoms with E-state index in [1.165, 1.54) is 5.56 Å². The van der Waals surface area contributed by atoms with Crippen LogP contribution in [0, 0.1) is 0 Å². The van der Waals surface area contributed by atoms with Gasteiger partial charge in [0.05, 0.1) is 25.8 Å². The predicted molar refractivity (Wildman–Crippen MR) is 110 cm³/mol. The van der Waals surface area contributed by atoms with Gasteiger partial charge in [0.25, 0.3) is 0 Å². The van der Waals surface area contributed by atoms with Crippen molar-refractivity contribution in [3.63, 3.8) is 0 Å². The molecule has 1 atom stereocenters. The zero-order valence-electron chi connectivity index (χ0n) is 15.7. The van der Waals surface area contributed by atoms with Crippen LogP contribution in [-0.2, 0) is 0 Å². The summed E-state index contributed by atoms with van der Waals surface area (Å²) in [6, 6.07) is 9.90. The first kappa shape index (κ1) is 19.3. The van der Waals surface area contributed by atoms with Gasteiger partial charge in [-0.05, 0) is 57.1 Å². The SMILES string of the molecule is COc1cc(/C=C2\CC(C)c3ccccc3\C2=N\O)c(Br)c(OC)c1OC. The van der Waals surface area contributed by atoms with Gasteiger partial charge in [0.1, 0.15) is 5.71 Å². The molecule has 6 heteroatoms. The fourth-order valence-electron chi connectivity index (χ4n) is 3.53. The number of ether oxygens (including phenoxy) is 3. The summed E-state index contributed by atoms with van der Waals surface area (Å²) >= 11 is 3.60. The molecule has 3 rings (SSSR count). The van der Waals surface area contributed by atoms with Crippen molar-refractivity contribution in [2.45, 2.75) is 19.3 Å². The number of hydrogen-bond acceptors (Lipinski definition) is 5. The van der Waals surface area contributed by atoms with Gasteiger partial charge >= 0.3 is 0 Å². The molecule has 142 valence electrons. The molecule has 1 aliphatic carbocycles. The van der Waals surface area contributed by atoms with E-state index in [1.807, 2.05) is 30.3 Å². The summed E-state index contributed by atoms with van der Waals surface area (Å²) in [4.78, 5) is 0. The largest absolute Gasteiger partial charge is 0.493 e. The first-order valence-electron chi connectivity index (χ1n) is 8.56. The van der Waals surface area contributed by atoms with Crippen LogP contribution in [0.5, 0.6) is 17.2 Å². The third kappa shape index (κ3) is 3.41. The highest BCUT2D eigenvalue weighted by Gasteiger charge is 2.26. The van der Waals surface area contributed by atoms with Crippen molar-refractivity contribution in [2.75, 3.05) is 21.3 Å². The second-order valence-electron chi connectivity index (χ2n) is 6.36. The molecule has 0 bridgehead atoms. The second-order valence-corrected chi connectivity index (χ2v) is 7.15. The predicted octanol–water partition coefficient (Wildman–Crippen LogP) is 5.24. The molecule has 0 radical (unpaired) electrons. The number of hydrogen-bond donors (Lipinski definition) is 1. The highest BCUT2D eigenvalue weighted by atomic mass is 79.9. The van der Waals surface area contributed by atoms with E-state index in [2.05, 4.69) is 34.1 Å². The van der Waals surface area contributed by atoms with Crippen molar-refractivity contribution in [3.05, 3.63) is 57.1 Å². The highest BCUT2D eigenvalue weighted by molar-refractivity contribution is 9.10. The van der Waals surface area contributed by atoms with Crippen molar-refractivity contribution in [1.29, 1.82) is 0 Å². The third-order valence-corrected chi connectivity index (χ3v) is 5.62. The summed E-state index contributed by atoms with van der Waals surface area (Å²) in [6.45, 7) is 2.17. The van der Waals surface area contributed by atoms with Gasteiger partial charge in [0.15, 0.2) is 11.5 Å². The van der Waals surface area contributed by atoms with E-state index < -0.39 is 0 Å². The van der Waals surface area contributed by atoms with Crippen LogP contribution in [0.4, 0.5) is 0 Å². The standard InChI is InChI=1S/C21H22BrNO4/c1-12-9-14(19(23-24)16-8-6-5-7-15(12)16)10-13-11-17(25-2)20(26-3)21(27-4)18(13)22/h5-8,10-12,24H,9H2,1-4H3/b14-10+,23-19+. The molecule has 0 amide bonds. The number of allylic oxidation sites excluding steroid dienone is 1. The Labute approximate surface area is 167 Å². The van der Waals surface area contributed by atoms with Crippen LogP contribution in [0.2, 0.25) is 0 Å². The Morgan fingerprint density at radius 3 is 2.44 bits per heavy atom. The van der Waals surface area contributed by atoms with Crippen LogP contribution in [-0.4, -0.2) is 32.2 Å². The third-order valence-electron chi connectivity index (χ3n) is 4.80. The lowest BCUT2D eigenvalue weighted by atomic mass is 9.79. The molecule has 0 heterocycles. The van der Waals surface area contributed by atoms with E-state index in [0.717, 1.165) is 27.6 Å². The summed E-state index contributed by atoms with van der Waals surface area (Å²) in [5.41, 5.74) is 4.52. The lowest BCUT2D eigenvalue weighted by Gasteiger charge is -2.25. The van der Waals surface area contributed by atoms with Gasteiger partial charge in [-0.3, -0.25) is 0 Å². The molecule has 0 saturated carbocycles. The Balaban J connectivity index is 2.17. The summed E-state index contributed by atoms with van der Waals surface area (Å²) in [5.74, 6) is 1.96. The zero-order valence-corrected chi connectivity index (χ0v) is 17.3. The minimum atomic E-state index is 0.318. The van der Waals surface area contributed by atoms with Gasteiger partial charge in [0, 0.05) is 5.56 Å². The molecule has 0 spiro atoms. The highest BCUT2D eigenvalue weighted by Crippen LogP contribution is 2.46. The molecule has 27 heavy (non-hydrogen) atoms. The lowest BCUT2D eigenvalue weighted by Crippen LogP contribution is -2.17. The van der Waals surface area contributed by atoms with E-state index >= 15 is 0 Å². The average molecular weight is 432 g/mol. The molecular weight excluding hydrogens is 410 g/mol. The maximum absolute atomic E-state index is 9.69. The van der Waals surface area contributed by atoms with E-state index in [9.17, 15) is 5.21 Å². The number of oxime groups is 1. The number of nitrogens with zero attached hydrogens (tertiary/aromatic N) is 1.